The molecule has 1 aliphatic heterocycles. The van der Waals surface area contributed by atoms with Crippen LogP contribution < -0.4 is 4.74 Å². The summed E-state index contributed by atoms with van der Waals surface area (Å²) in [6.45, 7) is 6.72. The Bertz CT molecular complexity index is 519. The van der Waals surface area contributed by atoms with Gasteiger partial charge in [-0.25, -0.2) is 0 Å². The van der Waals surface area contributed by atoms with Crippen LogP contribution in [0.2, 0.25) is 5.02 Å². The monoisotopic (exact) mass is 354 g/mol. The van der Waals surface area contributed by atoms with Crippen molar-refractivity contribution in [2.45, 2.75) is 32.2 Å². The molecule has 134 valence electrons. The van der Waals surface area contributed by atoms with E-state index < -0.39 is 5.97 Å². The van der Waals surface area contributed by atoms with E-state index in [-0.39, 0.29) is 6.54 Å². The van der Waals surface area contributed by atoms with Gasteiger partial charge in [-0.1, -0.05) is 24.6 Å². The van der Waals surface area contributed by atoms with Gasteiger partial charge in [0.15, 0.2) is 0 Å². The summed E-state index contributed by atoms with van der Waals surface area (Å²) < 4.78 is 5.71. The lowest BCUT2D eigenvalue weighted by Crippen LogP contribution is -2.46. The maximum atomic E-state index is 10.9. The van der Waals surface area contributed by atoms with E-state index in [0.717, 1.165) is 51.2 Å². The highest BCUT2D eigenvalue weighted by Gasteiger charge is 2.24. The normalized spacial score (nSPS) is 16.5. The summed E-state index contributed by atoms with van der Waals surface area (Å²) in [5, 5.41) is 9.67. The highest BCUT2D eigenvalue weighted by molar-refractivity contribution is 6.30. The molecule has 2 rings (SSSR count). The number of likely N-dealkylation sites (N-methyl/N-ethyl adjacent to an activating group) is 1. The number of ether oxygens (including phenoxy) is 1. The third kappa shape index (κ3) is 6.30. The number of nitrogens with zero attached hydrogens (tertiary/aromatic N) is 2. The predicted octanol–water partition coefficient (Wildman–Crippen LogP) is 2.98. The molecule has 5 nitrogen and oxygen atoms in total. The maximum absolute atomic E-state index is 10.9. The second-order valence-corrected chi connectivity index (χ2v) is 6.63. The van der Waals surface area contributed by atoms with Crippen molar-refractivity contribution in [1.82, 2.24) is 9.80 Å². The number of rotatable bonds is 9. The number of carboxylic acid groups (broad SMARTS) is 1. The van der Waals surface area contributed by atoms with Gasteiger partial charge in [0.25, 0.3) is 0 Å². The Balaban J connectivity index is 1.63. The van der Waals surface area contributed by atoms with E-state index in [2.05, 4.69) is 9.80 Å². The zero-order valence-corrected chi connectivity index (χ0v) is 15.0. The van der Waals surface area contributed by atoms with Gasteiger partial charge < -0.3 is 14.7 Å². The molecule has 24 heavy (non-hydrogen) atoms. The minimum atomic E-state index is -0.738. The molecular formula is C18H27ClN2O3. The third-order valence-electron chi connectivity index (χ3n) is 4.50. The average molecular weight is 355 g/mol. The lowest BCUT2D eigenvalue weighted by molar-refractivity contribution is -0.139. The number of hydrogen-bond donors (Lipinski definition) is 1. The molecule has 0 aromatic heterocycles. The first-order valence-electron chi connectivity index (χ1n) is 8.65. The van der Waals surface area contributed by atoms with E-state index in [4.69, 9.17) is 21.4 Å². The summed E-state index contributed by atoms with van der Waals surface area (Å²) in [4.78, 5) is 15.4. The van der Waals surface area contributed by atoms with Crippen molar-refractivity contribution in [1.29, 1.82) is 0 Å². The number of aliphatic carboxylic acids is 1. The smallest absolute Gasteiger partial charge is 0.317 e. The zero-order valence-electron chi connectivity index (χ0n) is 14.3. The lowest BCUT2D eigenvalue weighted by atomic mass is 10.0. The van der Waals surface area contributed by atoms with Crippen LogP contribution in [0.3, 0.4) is 0 Å². The van der Waals surface area contributed by atoms with Gasteiger partial charge in [-0.2, -0.15) is 0 Å². The summed E-state index contributed by atoms with van der Waals surface area (Å²) in [6, 6.07) is 7.86. The number of likely N-dealkylation sites (tertiary alicyclic amines) is 1. The van der Waals surface area contributed by atoms with Gasteiger partial charge in [0.05, 0.1) is 13.2 Å². The van der Waals surface area contributed by atoms with E-state index >= 15 is 0 Å². The van der Waals surface area contributed by atoms with Crippen LogP contribution in [-0.2, 0) is 4.79 Å². The van der Waals surface area contributed by atoms with Crippen LogP contribution in [0.1, 0.15) is 26.2 Å². The van der Waals surface area contributed by atoms with Crippen LogP contribution in [0.5, 0.6) is 5.75 Å². The molecule has 0 amide bonds. The molecule has 1 fully saturated rings. The fraction of sp³-hybridized carbons (Fsp3) is 0.611. The van der Waals surface area contributed by atoms with Crippen LogP contribution in [0, 0.1) is 0 Å². The van der Waals surface area contributed by atoms with Gasteiger partial charge >= 0.3 is 5.97 Å². The second-order valence-electron chi connectivity index (χ2n) is 6.19. The second kappa shape index (κ2) is 9.87. The van der Waals surface area contributed by atoms with E-state index in [0.29, 0.717) is 17.7 Å². The van der Waals surface area contributed by atoms with Crippen molar-refractivity contribution >= 4 is 17.6 Å². The molecule has 1 aromatic rings. The van der Waals surface area contributed by atoms with Crippen molar-refractivity contribution in [2.24, 2.45) is 0 Å². The summed E-state index contributed by atoms with van der Waals surface area (Å²) in [7, 11) is 0. The molecule has 6 heteroatoms. The number of carbonyl (C=O) groups is 1. The fourth-order valence-corrected chi connectivity index (χ4v) is 3.40. The predicted molar refractivity (Wildman–Crippen MR) is 95.9 cm³/mol. The molecule has 0 aliphatic carbocycles. The van der Waals surface area contributed by atoms with Gasteiger partial charge in [-0.15, -0.1) is 0 Å². The topological polar surface area (TPSA) is 53.0 Å². The number of halogens is 1. The number of piperidine rings is 1. The molecule has 0 radical (unpaired) electrons. The Labute approximate surface area is 149 Å². The average Bonchev–Trinajstić information content (AvgIpc) is 2.57. The molecule has 0 unspecified atom stereocenters. The first kappa shape index (κ1) is 19.0. The standard InChI is InChI=1S/C18H27ClN2O3/c1-2-21(14-18(22)23)16-7-10-20(11-8-16)9-4-12-24-17-6-3-5-15(19)13-17/h3,5-6,13,16H,2,4,7-12,14H2,1H3,(H,22,23). The Morgan fingerprint density at radius 3 is 2.79 bits per heavy atom. The maximum Gasteiger partial charge on any atom is 0.317 e. The minimum absolute atomic E-state index is 0.147. The van der Waals surface area contributed by atoms with Crippen LogP contribution in [0.15, 0.2) is 24.3 Å². The number of benzene rings is 1. The third-order valence-corrected chi connectivity index (χ3v) is 4.74. The SMILES string of the molecule is CCN(CC(=O)O)C1CCN(CCCOc2cccc(Cl)c2)CC1. The van der Waals surface area contributed by atoms with Crippen LogP contribution in [-0.4, -0.2) is 66.2 Å². The van der Waals surface area contributed by atoms with Gasteiger partial charge in [-0.05, 0) is 57.1 Å². The summed E-state index contributed by atoms with van der Waals surface area (Å²) in [5.74, 6) is 0.0749. The summed E-state index contributed by atoms with van der Waals surface area (Å²) in [6.07, 6.45) is 3.05. The van der Waals surface area contributed by atoms with Crippen molar-refractivity contribution in [3.63, 3.8) is 0 Å². The molecule has 0 atom stereocenters. The van der Waals surface area contributed by atoms with Gasteiger partial charge in [0.2, 0.25) is 0 Å². The Morgan fingerprint density at radius 1 is 1.42 bits per heavy atom. The van der Waals surface area contributed by atoms with Gasteiger partial charge in [-0.3, -0.25) is 9.69 Å². The molecule has 1 saturated heterocycles. The number of hydrogen-bond acceptors (Lipinski definition) is 4. The molecule has 0 bridgehead atoms. The van der Waals surface area contributed by atoms with Crippen molar-refractivity contribution in [2.75, 3.05) is 39.3 Å². The van der Waals surface area contributed by atoms with Crippen LogP contribution in [0.25, 0.3) is 0 Å². The Morgan fingerprint density at radius 2 is 2.17 bits per heavy atom. The van der Waals surface area contributed by atoms with Crippen molar-refractivity contribution in [3.8, 4) is 5.75 Å². The summed E-state index contributed by atoms with van der Waals surface area (Å²) >= 11 is 5.93. The Kier molecular flexibility index (Phi) is 7.82. The quantitative estimate of drug-likeness (QED) is 0.691. The molecule has 1 aromatic carbocycles. The van der Waals surface area contributed by atoms with Crippen molar-refractivity contribution in [3.05, 3.63) is 29.3 Å². The largest absolute Gasteiger partial charge is 0.493 e. The van der Waals surface area contributed by atoms with Crippen molar-refractivity contribution < 1.29 is 14.6 Å². The first-order chi connectivity index (χ1) is 11.6. The van der Waals surface area contributed by atoms with Gasteiger partial charge in [0, 0.05) is 17.6 Å². The number of carboxylic acids is 1. The van der Waals surface area contributed by atoms with Crippen LogP contribution >= 0.6 is 11.6 Å². The minimum Gasteiger partial charge on any atom is -0.493 e. The van der Waals surface area contributed by atoms with E-state index in [9.17, 15) is 4.79 Å². The Hall–Kier alpha value is -1.30. The molecule has 1 N–H and O–H groups in total. The highest BCUT2D eigenvalue weighted by Crippen LogP contribution is 2.18. The van der Waals surface area contributed by atoms with E-state index in [1.165, 1.54) is 0 Å². The first-order valence-corrected chi connectivity index (χ1v) is 9.03. The van der Waals surface area contributed by atoms with Gasteiger partial charge in [0.1, 0.15) is 5.75 Å². The highest BCUT2D eigenvalue weighted by atomic mass is 35.5. The molecule has 1 aliphatic rings. The lowest BCUT2D eigenvalue weighted by Gasteiger charge is -2.37. The molecular weight excluding hydrogens is 328 g/mol. The molecule has 0 saturated carbocycles. The van der Waals surface area contributed by atoms with E-state index in [1.807, 2.05) is 31.2 Å². The fourth-order valence-electron chi connectivity index (χ4n) is 3.22. The molecule has 0 spiro atoms. The molecule has 1 heterocycles. The summed E-state index contributed by atoms with van der Waals surface area (Å²) in [5.41, 5.74) is 0. The zero-order chi connectivity index (χ0) is 17.4. The van der Waals surface area contributed by atoms with Crippen LogP contribution in [0.4, 0.5) is 0 Å². The van der Waals surface area contributed by atoms with E-state index in [1.54, 1.807) is 0 Å².